The fourth-order valence-corrected chi connectivity index (χ4v) is 3.60. The number of imidazole rings is 1. The summed E-state index contributed by atoms with van der Waals surface area (Å²) in [5, 5.41) is 8.23. The van der Waals surface area contributed by atoms with Gasteiger partial charge in [0.25, 0.3) is 5.65 Å². The van der Waals surface area contributed by atoms with Gasteiger partial charge in [-0.1, -0.05) is 36.4 Å². The molecule has 1 aliphatic heterocycles. The summed E-state index contributed by atoms with van der Waals surface area (Å²) in [6.45, 7) is 4.06. The SMILES string of the molecule is Br.Cc1cccc2n1cc(/C=C/c1ccc(/C=N/N=C(N)N3CCCC3)cc1)[n+]2C.[Br-]. The van der Waals surface area contributed by atoms with Gasteiger partial charge in [0, 0.05) is 19.2 Å². The van der Waals surface area contributed by atoms with Gasteiger partial charge in [0.1, 0.15) is 11.9 Å². The van der Waals surface area contributed by atoms with Gasteiger partial charge in [-0.25, -0.2) is 4.57 Å². The molecule has 3 heterocycles. The average molecular weight is 548 g/mol. The van der Waals surface area contributed by atoms with Crippen molar-refractivity contribution in [2.75, 3.05) is 13.1 Å². The van der Waals surface area contributed by atoms with Gasteiger partial charge >= 0.3 is 0 Å². The first kappa shape index (κ1) is 24.8. The molecule has 31 heavy (non-hydrogen) atoms. The molecule has 4 rings (SSSR count). The molecule has 0 amide bonds. The molecule has 0 saturated carbocycles. The van der Waals surface area contributed by atoms with Crippen molar-refractivity contribution in [2.24, 2.45) is 23.0 Å². The van der Waals surface area contributed by atoms with Gasteiger partial charge in [-0.05, 0) is 43.0 Å². The molecule has 8 heteroatoms. The minimum Gasteiger partial charge on any atom is -1.00 e. The highest BCUT2D eigenvalue weighted by Gasteiger charge is 2.13. The summed E-state index contributed by atoms with van der Waals surface area (Å²) in [7, 11) is 2.09. The largest absolute Gasteiger partial charge is 1.00 e. The molecular formula is C23H28Br2N6. The number of rotatable bonds is 4. The first-order valence-electron chi connectivity index (χ1n) is 9.98. The van der Waals surface area contributed by atoms with Crippen LogP contribution in [0.15, 0.2) is 58.9 Å². The van der Waals surface area contributed by atoms with Gasteiger partial charge in [-0.3, -0.25) is 0 Å². The molecule has 0 radical (unpaired) electrons. The van der Waals surface area contributed by atoms with E-state index in [9.17, 15) is 0 Å². The Labute approximate surface area is 204 Å². The summed E-state index contributed by atoms with van der Waals surface area (Å²) in [6.07, 6.45) is 10.5. The molecule has 0 unspecified atom stereocenters. The van der Waals surface area contributed by atoms with Crippen molar-refractivity contribution < 1.29 is 21.5 Å². The lowest BCUT2D eigenvalue weighted by Gasteiger charge is -2.13. The highest BCUT2D eigenvalue weighted by atomic mass is 79.9. The van der Waals surface area contributed by atoms with Crippen LogP contribution in [0.1, 0.15) is 35.4 Å². The third-order valence-electron chi connectivity index (χ3n) is 5.38. The number of nitrogens with two attached hydrogens (primary N) is 1. The van der Waals surface area contributed by atoms with Crippen LogP contribution in [-0.2, 0) is 7.05 Å². The highest BCUT2D eigenvalue weighted by Crippen LogP contribution is 2.11. The molecule has 0 aliphatic carbocycles. The zero-order valence-electron chi connectivity index (χ0n) is 17.8. The van der Waals surface area contributed by atoms with Crippen LogP contribution in [0.3, 0.4) is 0 Å². The number of likely N-dealkylation sites (tertiary alicyclic amines) is 1. The van der Waals surface area contributed by atoms with E-state index >= 15 is 0 Å². The summed E-state index contributed by atoms with van der Waals surface area (Å²) in [5.41, 5.74) is 11.6. The number of hydrogen-bond donors (Lipinski definition) is 1. The van der Waals surface area contributed by atoms with Crippen molar-refractivity contribution in [3.63, 3.8) is 0 Å². The van der Waals surface area contributed by atoms with Crippen LogP contribution < -0.4 is 27.3 Å². The Kier molecular flexibility index (Phi) is 9.00. The van der Waals surface area contributed by atoms with Crippen molar-refractivity contribution >= 4 is 47.0 Å². The van der Waals surface area contributed by atoms with E-state index in [0.717, 1.165) is 29.9 Å². The van der Waals surface area contributed by atoms with Gasteiger partial charge in [-0.2, -0.15) is 9.50 Å². The first-order chi connectivity index (χ1) is 14.1. The van der Waals surface area contributed by atoms with E-state index in [0.29, 0.717) is 5.96 Å². The third-order valence-corrected chi connectivity index (χ3v) is 5.38. The van der Waals surface area contributed by atoms with E-state index in [4.69, 9.17) is 5.73 Å². The minimum absolute atomic E-state index is 0. The van der Waals surface area contributed by atoms with Gasteiger partial charge in [0.15, 0.2) is 5.69 Å². The Morgan fingerprint density at radius 3 is 2.39 bits per heavy atom. The Morgan fingerprint density at radius 2 is 1.71 bits per heavy atom. The third kappa shape index (κ3) is 5.83. The van der Waals surface area contributed by atoms with Crippen molar-refractivity contribution in [2.45, 2.75) is 19.8 Å². The molecule has 1 fully saturated rings. The Balaban J connectivity index is 0.00000171. The monoisotopic (exact) mass is 546 g/mol. The zero-order chi connectivity index (χ0) is 20.2. The quantitative estimate of drug-likeness (QED) is 0.225. The number of halogens is 2. The lowest BCUT2D eigenvalue weighted by Crippen LogP contribution is -3.00. The van der Waals surface area contributed by atoms with E-state index in [1.807, 2.05) is 12.1 Å². The van der Waals surface area contributed by atoms with Crippen molar-refractivity contribution in [1.29, 1.82) is 0 Å². The smallest absolute Gasteiger partial charge is 0.286 e. The summed E-state index contributed by atoms with van der Waals surface area (Å²) in [5.74, 6) is 0.501. The Bertz CT molecular complexity index is 1090. The second-order valence-corrected chi connectivity index (χ2v) is 7.41. The Morgan fingerprint density at radius 1 is 1.03 bits per heavy atom. The molecule has 3 aromatic rings. The maximum atomic E-state index is 5.96. The summed E-state index contributed by atoms with van der Waals surface area (Å²) in [6, 6.07) is 14.5. The minimum atomic E-state index is 0. The van der Waals surface area contributed by atoms with E-state index in [2.05, 4.69) is 86.7 Å². The van der Waals surface area contributed by atoms with Crippen molar-refractivity contribution in [1.82, 2.24) is 9.30 Å². The molecular weight excluding hydrogens is 520 g/mol. The molecule has 0 atom stereocenters. The Hall–Kier alpha value is -2.45. The van der Waals surface area contributed by atoms with Gasteiger partial charge < -0.3 is 27.6 Å². The summed E-state index contributed by atoms with van der Waals surface area (Å²) >= 11 is 0. The topological polar surface area (TPSA) is 62.3 Å². The van der Waals surface area contributed by atoms with Crippen LogP contribution in [-0.4, -0.2) is 34.6 Å². The molecule has 0 bridgehead atoms. The number of aromatic nitrogens is 2. The first-order valence-corrected chi connectivity index (χ1v) is 9.98. The summed E-state index contributed by atoms with van der Waals surface area (Å²) in [4.78, 5) is 2.07. The molecule has 1 aromatic carbocycles. The maximum Gasteiger partial charge on any atom is 0.286 e. The van der Waals surface area contributed by atoms with Crippen LogP contribution >= 0.6 is 17.0 Å². The van der Waals surface area contributed by atoms with Crippen molar-refractivity contribution in [3.05, 3.63) is 71.2 Å². The molecule has 2 aromatic heterocycles. The number of guanidine groups is 1. The van der Waals surface area contributed by atoms with Gasteiger partial charge in [-0.15, -0.1) is 22.1 Å². The van der Waals surface area contributed by atoms with E-state index in [1.54, 1.807) is 6.21 Å². The van der Waals surface area contributed by atoms with Crippen LogP contribution in [0, 0.1) is 6.92 Å². The predicted octanol–water partition coefficient (Wildman–Crippen LogP) is 0.569. The number of nitrogens with zero attached hydrogens (tertiary/aromatic N) is 5. The van der Waals surface area contributed by atoms with Crippen LogP contribution in [0.25, 0.3) is 17.8 Å². The predicted molar refractivity (Wildman–Crippen MR) is 129 cm³/mol. The average Bonchev–Trinajstić information content (AvgIpc) is 3.37. The molecule has 6 nitrogen and oxygen atoms in total. The van der Waals surface area contributed by atoms with Crippen molar-refractivity contribution in [3.8, 4) is 0 Å². The molecule has 0 spiro atoms. The second kappa shape index (κ2) is 11.2. The van der Waals surface area contributed by atoms with Crippen LogP contribution in [0.5, 0.6) is 0 Å². The second-order valence-electron chi connectivity index (χ2n) is 7.41. The summed E-state index contributed by atoms with van der Waals surface area (Å²) < 4.78 is 4.39. The zero-order valence-corrected chi connectivity index (χ0v) is 21.1. The fourth-order valence-electron chi connectivity index (χ4n) is 3.60. The van der Waals surface area contributed by atoms with Gasteiger partial charge in [0.2, 0.25) is 5.96 Å². The number of pyridine rings is 1. The van der Waals surface area contributed by atoms with Crippen LogP contribution in [0.4, 0.5) is 0 Å². The lowest BCUT2D eigenvalue weighted by atomic mass is 10.1. The highest BCUT2D eigenvalue weighted by molar-refractivity contribution is 8.93. The molecule has 1 aliphatic rings. The number of benzene rings is 1. The molecule has 2 N–H and O–H groups in total. The lowest BCUT2D eigenvalue weighted by molar-refractivity contribution is -0.646. The standard InChI is InChI=1S/C23H27N6.2BrH/c1-18-6-5-7-22-27(2)21(17-29(18)22)13-12-19-8-10-20(11-9-19)16-25-26-23(24)28-14-3-4-15-28;;/h5-13,16-17H,3-4,14-15H2,1-2H3,(H2,24,26);2*1H/q+1;;/p-1/b13-12+,25-16+;;. The fraction of sp³-hybridized carbons (Fsp3) is 0.261. The number of hydrogen-bond acceptors (Lipinski definition) is 2. The number of aryl methyl sites for hydroxylation is 2. The van der Waals surface area contributed by atoms with E-state index in [1.165, 1.54) is 24.2 Å². The number of fused-ring (bicyclic) bond motifs is 1. The molecule has 164 valence electrons. The molecule has 1 saturated heterocycles. The van der Waals surface area contributed by atoms with E-state index < -0.39 is 0 Å². The van der Waals surface area contributed by atoms with Crippen LogP contribution in [0.2, 0.25) is 0 Å². The normalized spacial score (nSPS) is 14.4. The maximum absolute atomic E-state index is 5.96. The van der Waals surface area contributed by atoms with E-state index in [-0.39, 0.29) is 34.0 Å². The van der Waals surface area contributed by atoms with Gasteiger partial charge in [0.05, 0.1) is 13.3 Å².